The quantitative estimate of drug-likeness (QED) is 0.260. The van der Waals surface area contributed by atoms with Gasteiger partial charge in [-0.15, -0.1) is 13.2 Å². The van der Waals surface area contributed by atoms with Gasteiger partial charge in [-0.3, -0.25) is 0 Å². The van der Waals surface area contributed by atoms with E-state index in [0.29, 0.717) is 0 Å². The molecule has 0 aromatic rings. The predicted molar refractivity (Wildman–Crippen MR) is 33.7 cm³/mol. The van der Waals surface area contributed by atoms with Crippen LogP contribution in [0.3, 0.4) is 0 Å². The first kappa shape index (κ1) is 22.4. The number of carboxylic acid groups (broad SMARTS) is 4. The molecule has 0 aliphatic carbocycles. The van der Waals surface area contributed by atoms with Gasteiger partial charge in [0.1, 0.15) is 0 Å². The van der Waals surface area contributed by atoms with Gasteiger partial charge in [-0.05, 0) is 0 Å². The Hall–Kier alpha value is -0.720. The fourth-order valence-electron chi connectivity index (χ4n) is 0. The van der Waals surface area contributed by atoms with Crippen molar-refractivity contribution in [3.05, 3.63) is 13.2 Å². The van der Waals surface area contributed by atoms with Crippen LogP contribution in [0.15, 0.2) is 13.2 Å². The zero-order chi connectivity index (χ0) is 9.15. The molecule has 0 radical (unpaired) electrons. The maximum Gasteiger partial charge on any atom is 1.00 e. The van der Waals surface area contributed by atoms with Crippen molar-refractivity contribution in [2.75, 3.05) is 0 Å². The third kappa shape index (κ3) is 949. The van der Waals surface area contributed by atoms with Gasteiger partial charge in [-0.25, -0.2) is 9.59 Å². The molecule has 0 unspecified atom stereocenters. The Balaban J connectivity index is -0.0000000198. The summed E-state index contributed by atoms with van der Waals surface area (Å²) >= 11 is 0. The predicted octanol–water partition coefficient (Wildman–Crippen LogP) is -1.64. The van der Waals surface area contributed by atoms with E-state index in [4.69, 9.17) is 30.0 Å². The van der Waals surface area contributed by atoms with Crippen LogP contribution in [0.25, 0.3) is 0 Å². The molecule has 0 aromatic heterocycles. The molecule has 0 fully saturated rings. The second-order valence-corrected chi connectivity index (χ2v) is 0.565. The monoisotopic (exact) mass is 176 g/mol. The van der Waals surface area contributed by atoms with Gasteiger partial charge in [0, 0.05) is 0 Å². The Morgan fingerprint density at radius 1 is 0.909 bits per heavy atom. The van der Waals surface area contributed by atoms with Gasteiger partial charge < -0.3 is 21.9 Å². The van der Waals surface area contributed by atoms with E-state index in [1.54, 1.807) is 0 Å². The van der Waals surface area contributed by atoms with Crippen molar-refractivity contribution in [2.24, 2.45) is 0 Å². The molecule has 0 aliphatic rings. The number of hydrogen-bond donors (Lipinski definition) is 4. The zero-order valence-corrected chi connectivity index (χ0v) is 8.02. The minimum atomic E-state index is -1.83. The minimum absolute atomic E-state index is 0. The first-order valence-electron chi connectivity index (χ1n) is 1.80. The maximum absolute atomic E-state index is 8.56. The van der Waals surface area contributed by atoms with Crippen LogP contribution >= 0.6 is 0 Å². The molecule has 0 heterocycles. The summed E-state index contributed by atoms with van der Waals surface area (Å²) in [5.41, 5.74) is 0. The molecule has 0 aliphatic heterocycles. The first-order valence-corrected chi connectivity index (χ1v) is 1.80. The number of hydrogen-bond acceptors (Lipinski definition) is 2. The molecule has 11 heavy (non-hydrogen) atoms. The molecule has 4 N–H and O–H groups in total. The molecule has 6 nitrogen and oxygen atoms in total. The fraction of sp³-hybridized carbons (Fsp3) is 0. The Labute approximate surface area is 86.6 Å². The topological polar surface area (TPSA) is 115 Å². The molecule has 0 bridgehead atoms. The molecule has 0 saturated carbocycles. The molecular formula is C4H9NaO6. The summed E-state index contributed by atoms with van der Waals surface area (Å²) in [5.74, 6) is 0. The summed E-state index contributed by atoms with van der Waals surface area (Å²) in [7, 11) is 0. The van der Waals surface area contributed by atoms with E-state index in [9.17, 15) is 0 Å². The average molecular weight is 176 g/mol. The third-order valence-corrected chi connectivity index (χ3v) is 0. The normalized spacial score (nSPS) is 4.73. The van der Waals surface area contributed by atoms with E-state index < -0.39 is 12.3 Å². The Morgan fingerprint density at radius 3 is 0.909 bits per heavy atom. The Morgan fingerprint density at radius 2 is 0.909 bits per heavy atom. The van der Waals surface area contributed by atoms with E-state index in [1.807, 2.05) is 0 Å². The third-order valence-electron chi connectivity index (χ3n) is 0. The van der Waals surface area contributed by atoms with Gasteiger partial charge in [-0.2, -0.15) is 0 Å². The van der Waals surface area contributed by atoms with E-state index >= 15 is 0 Å². The molecule has 0 rings (SSSR count). The van der Waals surface area contributed by atoms with Crippen molar-refractivity contribution in [1.82, 2.24) is 0 Å². The number of rotatable bonds is 0. The molecule has 7 heteroatoms. The molecule has 0 spiro atoms. The van der Waals surface area contributed by atoms with E-state index in [2.05, 4.69) is 13.2 Å². The standard InChI is InChI=1S/C2H4.2CH2O3.Na.H/c1-2;2*2-1(3)4;;/h1-2H2;2*(H2,2,3,4);;/q;;;+1;-1. The van der Waals surface area contributed by atoms with Crippen LogP contribution in [0.5, 0.6) is 0 Å². The summed E-state index contributed by atoms with van der Waals surface area (Å²) in [4.78, 5) is 17.1. The minimum Gasteiger partial charge on any atom is -1.00 e. The van der Waals surface area contributed by atoms with Crippen LogP contribution in [-0.2, 0) is 0 Å². The van der Waals surface area contributed by atoms with Crippen molar-refractivity contribution in [2.45, 2.75) is 0 Å². The Kier molecular flexibility index (Phi) is 46.6. The summed E-state index contributed by atoms with van der Waals surface area (Å²) in [5, 5.41) is 27.9. The van der Waals surface area contributed by atoms with Crippen molar-refractivity contribution >= 4 is 12.3 Å². The van der Waals surface area contributed by atoms with Gasteiger partial charge in [0.2, 0.25) is 0 Å². The average Bonchev–Trinajstić information content (AvgIpc) is 1.66. The largest absolute Gasteiger partial charge is 1.00 e. The van der Waals surface area contributed by atoms with Crippen LogP contribution in [0.4, 0.5) is 9.59 Å². The SMILES string of the molecule is C=C.O=C(O)O.O=C(O)O.[H-].[Na+]. The molecular weight excluding hydrogens is 167 g/mol. The zero-order valence-electron chi connectivity index (χ0n) is 7.02. The fourth-order valence-corrected chi connectivity index (χ4v) is 0. The summed E-state index contributed by atoms with van der Waals surface area (Å²) in [6.45, 7) is 6.00. The molecule has 0 atom stereocenters. The molecule has 0 saturated heterocycles. The Bertz CT molecular complexity index is 87.7. The molecule has 0 amide bonds. The van der Waals surface area contributed by atoms with Crippen LogP contribution in [0, 0.1) is 0 Å². The smallest absolute Gasteiger partial charge is 1.00 e. The van der Waals surface area contributed by atoms with E-state index in [-0.39, 0.29) is 31.0 Å². The van der Waals surface area contributed by atoms with Crippen LogP contribution < -0.4 is 29.6 Å². The molecule has 0 aromatic carbocycles. The van der Waals surface area contributed by atoms with E-state index in [0.717, 1.165) is 0 Å². The number of carbonyl (C=O) groups is 2. The summed E-state index contributed by atoms with van der Waals surface area (Å²) in [6, 6.07) is 0. The van der Waals surface area contributed by atoms with Crippen LogP contribution in [0.2, 0.25) is 0 Å². The van der Waals surface area contributed by atoms with Crippen molar-refractivity contribution in [3.8, 4) is 0 Å². The van der Waals surface area contributed by atoms with Gasteiger partial charge in [0.05, 0.1) is 0 Å². The van der Waals surface area contributed by atoms with Gasteiger partial charge in [-0.1, -0.05) is 0 Å². The van der Waals surface area contributed by atoms with Crippen molar-refractivity contribution in [1.29, 1.82) is 0 Å². The van der Waals surface area contributed by atoms with E-state index in [1.165, 1.54) is 0 Å². The van der Waals surface area contributed by atoms with Crippen LogP contribution in [0.1, 0.15) is 1.43 Å². The first-order chi connectivity index (χ1) is 4.46. The van der Waals surface area contributed by atoms with Gasteiger partial charge in [0.15, 0.2) is 0 Å². The summed E-state index contributed by atoms with van der Waals surface area (Å²) < 4.78 is 0. The van der Waals surface area contributed by atoms with Crippen molar-refractivity contribution in [3.63, 3.8) is 0 Å². The van der Waals surface area contributed by atoms with Crippen LogP contribution in [-0.4, -0.2) is 32.7 Å². The molecule has 62 valence electrons. The van der Waals surface area contributed by atoms with Gasteiger partial charge >= 0.3 is 41.9 Å². The second-order valence-electron chi connectivity index (χ2n) is 0.565. The van der Waals surface area contributed by atoms with Crippen molar-refractivity contribution < 1.29 is 61.0 Å². The van der Waals surface area contributed by atoms with Gasteiger partial charge in [0.25, 0.3) is 0 Å². The maximum atomic E-state index is 8.56. The summed E-state index contributed by atoms with van der Waals surface area (Å²) in [6.07, 6.45) is -3.67. The second kappa shape index (κ2) is 22.8.